The average Bonchev–Trinajstić information content (AvgIpc) is 1.95. The molecule has 0 aliphatic rings. The molecule has 1 aromatic heterocycles. The molecule has 0 atom stereocenters. The lowest BCUT2D eigenvalue weighted by Crippen LogP contribution is -2.08. The van der Waals surface area contributed by atoms with Gasteiger partial charge in [-0.25, -0.2) is 5.84 Å². The lowest BCUT2D eigenvalue weighted by Gasteiger charge is -1.97. The standard InChI is InChI=1S/C5H5ClFN3/c6-3-1-2-4(10-8)9-5(3)7/h1-2H,8H2,(H,9,10). The molecule has 3 nitrogen and oxygen atoms in total. The highest BCUT2D eigenvalue weighted by Gasteiger charge is 1.99. The van der Waals surface area contributed by atoms with Crippen molar-refractivity contribution in [1.29, 1.82) is 0 Å². The number of hydrogen-bond acceptors (Lipinski definition) is 3. The van der Waals surface area contributed by atoms with Crippen LogP contribution in [0.1, 0.15) is 0 Å². The Morgan fingerprint density at radius 2 is 2.30 bits per heavy atom. The monoisotopic (exact) mass is 161 g/mol. The van der Waals surface area contributed by atoms with Gasteiger partial charge < -0.3 is 5.43 Å². The quantitative estimate of drug-likeness (QED) is 0.369. The zero-order valence-corrected chi connectivity index (χ0v) is 5.69. The van der Waals surface area contributed by atoms with Crippen LogP contribution in [0.5, 0.6) is 0 Å². The number of halogens is 2. The minimum absolute atomic E-state index is 0.0148. The third-order valence-electron chi connectivity index (χ3n) is 0.951. The van der Waals surface area contributed by atoms with Crippen LogP contribution in [0.25, 0.3) is 0 Å². The summed E-state index contributed by atoms with van der Waals surface area (Å²) in [4.78, 5) is 3.36. The zero-order chi connectivity index (χ0) is 7.56. The Bertz CT molecular complexity index is 240. The number of nitrogens with zero attached hydrogens (tertiary/aromatic N) is 1. The van der Waals surface area contributed by atoms with Crippen molar-refractivity contribution in [3.05, 3.63) is 23.1 Å². The van der Waals surface area contributed by atoms with E-state index in [2.05, 4.69) is 10.4 Å². The summed E-state index contributed by atoms with van der Waals surface area (Å²) in [5, 5.41) is -0.0148. The van der Waals surface area contributed by atoms with E-state index in [1.807, 2.05) is 0 Å². The number of nitrogens with one attached hydrogen (secondary N) is 1. The van der Waals surface area contributed by atoms with Crippen LogP contribution in [0, 0.1) is 5.95 Å². The highest BCUT2D eigenvalue weighted by molar-refractivity contribution is 6.30. The summed E-state index contributed by atoms with van der Waals surface area (Å²) in [5.41, 5.74) is 2.19. The maximum atomic E-state index is 12.4. The lowest BCUT2D eigenvalue weighted by molar-refractivity contribution is 0.585. The van der Waals surface area contributed by atoms with Crippen LogP contribution in [-0.4, -0.2) is 4.98 Å². The molecule has 0 fully saturated rings. The van der Waals surface area contributed by atoms with Gasteiger partial charge >= 0.3 is 0 Å². The molecule has 10 heavy (non-hydrogen) atoms. The molecule has 0 amide bonds. The summed E-state index contributed by atoms with van der Waals surface area (Å²) >= 11 is 5.33. The van der Waals surface area contributed by atoms with Gasteiger partial charge in [-0.05, 0) is 12.1 Å². The van der Waals surface area contributed by atoms with E-state index in [1.54, 1.807) is 0 Å². The first-order valence-electron chi connectivity index (χ1n) is 2.52. The van der Waals surface area contributed by atoms with Gasteiger partial charge in [0.25, 0.3) is 0 Å². The highest BCUT2D eigenvalue weighted by Crippen LogP contribution is 2.13. The van der Waals surface area contributed by atoms with E-state index in [4.69, 9.17) is 17.4 Å². The van der Waals surface area contributed by atoms with Crippen LogP contribution >= 0.6 is 11.6 Å². The van der Waals surface area contributed by atoms with E-state index in [0.29, 0.717) is 0 Å². The molecular formula is C5H5ClFN3. The van der Waals surface area contributed by atoms with Gasteiger partial charge in [0.1, 0.15) is 5.82 Å². The normalized spacial score (nSPS) is 9.50. The van der Waals surface area contributed by atoms with Crippen molar-refractivity contribution in [3.8, 4) is 0 Å². The molecule has 0 aliphatic carbocycles. The molecule has 0 bridgehead atoms. The minimum atomic E-state index is -0.725. The fourth-order valence-electron chi connectivity index (χ4n) is 0.498. The third-order valence-corrected chi connectivity index (χ3v) is 1.23. The fourth-order valence-corrected chi connectivity index (χ4v) is 0.603. The van der Waals surface area contributed by atoms with Crippen LogP contribution in [0.4, 0.5) is 10.2 Å². The lowest BCUT2D eigenvalue weighted by atomic mass is 10.5. The number of pyridine rings is 1. The van der Waals surface area contributed by atoms with E-state index in [9.17, 15) is 4.39 Å². The van der Waals surface area contributed by atoms with Gasteiger partial charge in [-0.15, -0.1) is 0 Å². The van der Waals surface area contributed by atoms with Crippen molar-refractivity contribution in [3.63, 3.8) is 0 Å². The van der Waals surface area contributed by atoms with Gasteiger partial charge in [-0.1, -0.05) is 11.6 Å². The van der Waals surface area contributed by atoms with E-state index < -0.39 is 5.95 Å². The first kappa shape index (κ1) is 7.24. The molecule has 1 rings (SSSR count). The maximum absolute atomic E-state index is 12.4. The summed E-state index contributed by atoms with van der Waals surface area (Å²) in [5.74, 6) is 4.47. The number of aromatic nitrogens is 1. The summed E-state index contributed by atoms with van der Waals surface area (Å²) in [6.45, 7) is 0. The van der Waals surface area contributed by atoms with Crippen molar-refractivity contribution >= 4 is 17.4 Å². The molecule has 0 saturated heterocycles. The second-order valence-electron chi connectivity index (χ2n) is 1.61. The Labute approximate surface area is 62.0 Å². The van der Waals surface area contributed by atoms with Crippen molar-refractivity contribution in [2.24, 2.45) is 5.84 Å². The van der Waals surface area contributed by atoms with Gasteiger partial charge in [-0.2, -0.15) is 9.37 Å². The predicted molar refractivity (Wildman–Crippen MR) is 37.0 cm³/mol. The highest BCUT2D eigenvalue weighted by atomic mass is 35.5. The van der Waals surface area contributed by atoms with Gasteiger partial charge in [-0.3, -0.25) is 0 Å². The summed E-state index contributed by atoms with van der Waals surface area (Å²) < 4.78 is 12.4. The van der Waals surface area contributed by atoms with Crippen molar-refractivity contribution in [2.75, 3.05) is 5.43 Å². The maximum Gasteiger partial charge on any atom is 0.233 e. The van der Waals surface area contributed by atoms with E-state index in [0.717, 1.165) is 0 Å². The summed E-state index contributed by atoms with van der Waals surface area (Å²) in [7, 11) is 0. The molecular weight excluding hydrogens is 157 g/mol. The van der Waals surface area contributed by atoms with E-state index >= 15 is 0 Å². The molecule has 0 saturated carbocycles. The Morgan fingerprint density at radius 3 is 2.80 bits per heavy atom. The zero-order valence-electron chi connectivity index (χ0n) is 4.94. The van der Waals surface area contributed by atoms with Crippen LogP contribution in [0.3, 0.4) is 0 Å². The van der Waals surface area contributed by atoms with Crippen LogP contribution in [-0.2, 0) is 0 Å². The van der Waals surface area contributed by atoms with Crippen LogP contribution in [0.2, 0.25) is 5.02 Å². The number of nitrogens with two attached hydrogens (primary N) is 1. The van der Waals surface area contributed by atoms with Crippen LogP contribution < -0.4 is 11.3 Å². The first-order valence-corrected chi connectivity index (χ1v) is 2.90. The topological polar surface area (TPSA) is 50.9 Å². The summed E-state index contributed by atoms with van der Waals surface area (Å²) in [6.07, 6.45) is 0. The summed E-state index contributed by atoms with van der Waals surface area (Å²) in [6, 6.07) is 2.85. The van der Waals surface area contributed by atoms with Gasteiger partial charge in [0, 0.05) is 0 Å². The molecule has 1 heterocycles. The van der Waals surface area contributed by atoms with E-state index in [-0.39, 0.29) is 10.8 Å². The molecule has 0 radical (unpaired) electrons. The molecule has 54 valence electrons. The molecule has 0 spiro atoms. The number of nitrogen functional groups attached to an aromatic ring is 1. The van der Waals surface area contributed by atoms with Crippen LogP contribution in [0.15, 0.2) is 12.1 Å². The molecule has 0 aliphatic heterocycles. The van der Waals surface area contributed by atoms with E-state index in [1.165, 1.54) is 12.1 Å². The number of hydrogen-bond donors (Lipinski definition) is 2. The minimum Gasteiger partial charge on any atom is -0.308 e. The Hall–Kier alpha value is -0.870. The number of hydrazine groups is 1. The second-order valence-corrected chi connectivity index (χ2v) is 2.02. The van der Waals surface area contributed by atoms with Gasteiger partial charge in [0.2, 0.25) is 5.95 Å². The van der Waals surface area contributed by atoms with Crippen molar-refractivity contribution in [2.45, 2.75) is 0 Å². The molecule has 1 aromatic rings. The predicted octanol–water partition coefficient (Wildman–Crippen LogP) is 1.16. The molecule has 0 unspecified atom stereocenters. The van der Waals surface area contributed by atoms with Crippen molar-refractivity contribution < 1.29 is 4.39 Å². The first-order chi connectivity index (χ1) is 4.74. The largest absolute Gasteiger partial charge is 0.308 e. The fraction of sp³-hybridized carbons (Fsp3) is 0. The Morgan fingerprint density at radius 1 is 1.60 bits per heavy atom. The number of anilines is 1. The SMILES string of the molecule is NNc1ccc(Cl)c(F)n1. The van der Waals surface area contributed by atoms with Crippen molar-refractivity contribution in [1.82, 2.24) is 4.98 Å². The second kappa shape index (κ2) is 2.81. The molecule has 3 N–H and O–H groups in total. The smallest absolute Gasteiger partial charge is 0.233 e. The average molecular weight is 162 g/mol. The third kappa shape index (κ3) is 1.34. The van der Waals surface area contributed by atoms with Gasteiger partial charge in [0.05, 0.1) is 5.02 Å². The molecule has 5 heteroatoms. The Balaban J connectivity index is 3.04. The molecule has 0 aromatic carbocycles. The Kier molecular flexibility index (Phi) is 2.03. The van der Waals surface area contributed by atoms with Gasteiger partial charge in [0.15, 0.2) is 0 Å². The number of rotatable bonds is 1.